The standard InChI is InChI=1S/C14H24N2/c1-2-5-12(6-3-1)15-13-8-10-16-9-4-7-14(16)11-13/h2,5,12-15H,1,3-4,6-11H2/t12-,13-,14+/m0/s1. The van der Waals surface area contributed by atoms with Gasteiger partial charge in [-0.2, -0.15) is 0 Å². The van der Waals surface area contributed by atoms with E-state index in [0.29, 0.717) is 6.04 Å². The Morgan fingerprint density at radius 2 is 2.06 bits per heavy atom. The summed E-state index contributed by atoms with van der Waals surface area (Å²) in [5, 5.41) is 3.86. The van der Waals surface area contributed by atoms with Gasteiger partial charge >= 0.3 is 0 Å². The van der Waals surface area contributed by atoms with Crippen LogP contribution >= 0.6 is 0 Å². The molecule has 3 atom stereocenters. The molecule has 0 saturated carbocycles. The molecule has 0 spiro atoms. The number of hydrogen-bond donors (Lipinski definition) is 1. The molecule has 2 aliphatic heterocycles. The Kier molecular flexibility index (Phi) is 3.30. The average Bonchev–Trinajstić information content (AvgIpc) is 2.77. The van der Waals surface area contributed by atoms with Gasteiger partial charge in [-0.15, -0.1) is 0 Å². The van der Waals surface area contributed by atoms with Crippen LogP contribution in [0.5, 0.6) is 0 Å². The van der Waals surface area contributed by atoms with Crippen molar-refractivity contribution in [2.75, 3.05) is 13.1 Å². The third kappa shape index (κ3) is 2.33. The van der Waals surface area contributed by atoms with Crippen molar-refractivity contribution in [3.63, 3.8) is 0 Å². The van der Waals surface area contributed by atoms with Crippen LogP contribution in [0.15, 0.2) is 12.2 Å². The minimum Gasteiger partial charge on any atom is -0.308 e. The van der Waals surface area contributed by atoms with Gasteiger partial charge in [0, 0.05) is 18.1 Å². The number of allylic oxidation sites excluding steroid dienone is 1. The molecule has 2 fully saturated rings. The van der Waals surface area contributed by atoms with Gasteiger partial charge in [-0.05, 0) is 58.0 Å². The number of rotatable bonds is 2. The molecule has 2 heterocycles. The molecule has 2 saturated heterocycles. The minimum absolute atomic E-state index is 0.673. The summed E-state index contributed by atoms with van der Waals surface area (Å²) in [6.07, 6.45) is 14.4. The molecule has 3 aliphatic rings. The van der Waals surface area contributed by atoms with E-state index in [1.54, 1.807) is 0 Å². The minimum atomic E-state index is 0.673. The number of fused-ring (bicyclic) bond motifs is 1. The van der Waals surface area contributed by atoms with Crippen molar-refractivity contribution in [3.8, 4) is 0 Å². The zero-order chi connectivity index (χ0) is 10.8. The summed E-state index contributed by atoms with van der Waals surface area (Å²) >= 11 is 0. The number of nitrogens with one attached hydrogen (secondary N) is 1. The molecule has 0 radical (unpaired) electrons. The van der Waals surface area contributed by atoms with E-state index in [0.717, 1.165) is 12.1 Å². The Balaban J connectivity index is 1.52. The summed E-state index contributed by atoms with van der Waals surface area (Å²) in [6, 6.07) is 2.36. The monoisotopic (exact) mass is 220 g/mol. The van der Waals surface area contributed by atoms with Crippen LogP contribution in [0.2, 0.25) is 0 Å². The van der Waals surface area contributed by atoms with Crippen LogP contribution in [0, 0.1) is 0 Å². The molecular weight excluding hydrogens is 196 g/mol. The molecule has 0 aromatic carbocycles. The topological polar surface area (TPSA) is 15.3 Å². The summed E-state index contributed by atoms with van der Waals surface area (Å²) in [5.41, 5.74) is 0. The van der Waals surface area contributed by atoms with Gasteiger partial charge in [0.2, 0.25) is 0 Å². The van der Waals surface area contributed by atoms with Crippen LogP contribution in [0.3, 0.4) is 0 Å². The molecule has 0 amide bonds. The van der Waals surface area contributed by atoms with Crippen molar-refractivity contribution in [1.29, 1.82) is 0 Å². The third-order valence-corrected chi connectivity index (χ3v) is 4.52. The maximum absolute atomic E-state index is 3.86. The molecule has 0 aromatic rings. The molecule has 2 heteroatoms. The Morgan fingerprint density at radius 3 is 2.94 bits per heavy atom. The van der Waals surface area contributed by atoms with Gasteiger partial charge in [-0.25, -0.2) is 0 Å². The zero-order valence-corrected chi connectivity index (χ0v) is 10.2. The highest BCUT2D eigenvalue weighted by molar-refractivity contribution is 5.00. The number of nitrogens with zero attached hydrogens (tertiary/aromatic N) is 1. The van der Waals surface area contributed by atoms with E-state index in [2.05, 4.69) is 22.4 Å². The second kappa shape index (κ2) is 4.89. The van der Waals surface area contributed by atoms with Crippen molar-refractivity contribution in [2.45, 2.75) is 63.1 Å². The fraction of sp³-hybridized carbons (Fsp3) is 0.857. The lowest BCUT2D eigenvalue weighted by molar-refractivity contribution is 0.162. The van der Waals surface area contributed by atoms with Gasteiger partial charge in [0.25, 0.3) is 0 Å². The summed E-state index contributed by atoms with van der Waals surface area (Å²) in [4.78, 5) is 2.70. The molecule has 2 nitrogen and oxygen atoms in total. The lowest BCUT2D eigenvalue weighted by Gasteiger charge is -2.37. The van der Waals surface area contributed by atoms with Crippen LogP contribution in [0.25, 0.3) is 0 Å². The van der Waals surface area contributed by atoms with Crippen LogP contribution in [0.4, 0.5) is 0 Å². The first-order valence-electron chi connectivity index (χ1n) is 7.08. The van der Waals surface area contributed by atoms with Gasteiger partial charge in [0.15, 0.2) is 0 Å². The van der Waals surface area contributed by atoms with E-state index in [1.807, 2.05) is 0 Å². The first-order valence-corrected chi connectivity index (χ1v) is 7.08. The van der Waals surface area contributed by atoms with Gasteiger partial charge in [0.1, 0.15) is 0 Å². The third-order valence-electron chi connectivity index (χ3n) is 4.52. The van der Waals surface area contributed by atoms with E-state index in [-0.39, 0.29) is 0 Å². The second-order valence-corrected chi connectivity index (χ2v) is 5.69. The van der Waals surface area contributed by atoms with Crippen molar-refractivity contribution >= 4 is 0 Å². The first-order chi connectivity index (χ1) is 7.92. The Labute approximate surface area is 99.1 Å². The molecular formula is C14H24N2. The molecule has 16 heavy (non-hydrogen) atoms. The van der Waals surface area contributed by atoms with Crippen molar-refractivity contribution in [1.82, 2.24) is 10.2 Å². The molecule has 0 bridgehead atoms. The van der Waals surface area contributed by atoms with Crippen molar-refractivity contribution < 1.29 is 0 Å². The van der Waals surface area contributed by atoms with E-state index in [1.165, 1.54) is 58.0 Å². The summed E-state index contributed by atoms with van der Waals surface area (Å²) in [7, 11) is 0. The van der Waals surface area contributed by atoms with Crippen LogP contribution in [-0.2, 0) is 0 Å². The fourth-order valence-electron chi connectivity index (χ4n) is 3.63. The Hall–Kier alpha value is -0.340. The second-order valence-electron chi connectivity index (χ2n) is 5.69. The lowest BCUT2D eigenvalue weighted by atomic mass is 9.95. The molecule has 0 unspecified atom stereocenters. The fourth-order valence-corrected chi connectivity index (χ4v) is 3.63. The maximum Gasteiger partial charge on any atom is 0.0252 e. The van der Waals surface area contributed by atoms with Crippen LogP contribution < -0.4 is 5.32 Å². The molecule has 3 rings (SSSR count). The molecule has 90 valence electrons. The van der Waals surface area contributed by atoms with E-state index < -0.39 is 0 Å². The molecule has 0 aromatic heterocycles. The Morgan fingerprint density at radius 1 is 1.06 bits per heavy atom. The van der Waals surface area contributed by atoms with E-state index in [9.17, 15) is 0 Å². The highest BCUT2D eigenvalue weighted by atomic mass is 15.2. The average molecular weight is 220 g/mol. The van der Waals surface area contributed by atoms with Gasteiger partial charge in [0.05, 0.1) is 0 Å². The number of hydrogen-bond acceptors (Lipinski definition) is 2. The largest absolute Gasteiger partial charge is 0.308 e. The highest BCUT2D eigenvalue weighted by Crippen LogP contribution is 2.27. The highest BCUT2D eigenvalue weighted by Gasteiger charge is 2.32. The predicted molar refractivity (Wildman–Crippen MR) is 67.5 cm³/mol. The summed E-state index contributed by atoms with van der Waals surface area (Å²) in [6.45, 7) is 2.69. The smallest absolute Gasteiger partial charge is 0.0252 e. The van der Waals surface area contributed by atoms with Crippen molar-refractivity contribution in [2.24, 2.45) is 0 Å². The quantitative estimate of drug-likeness (QED) is 0.718. The van der Waals surface area contributed by atoms with Gasteiger partial charge in [-0.1, -0.05) is 12.2 Å². The van der Waals surface area contributed by atoms with Crippen LogP contribution in [-0.4, -0.2) is 36.1 Å². The summed E-state index contributed by atoms with van der Waals surface area (Å²) < 4.78 is 0. The normalized spacial score (nSPS) is 39.9. The zero-order valence-electron chi connectivity index (χ0n) is 10.2. The lowest BCUT2D eigenvalue weighted by Crippen LogP contribution is -2.48. The van der Waals surface area contributed by atoms with Crippen LogP contribution in [0.1, 0.15) is 44.9 Å². The van der Waals surface area contributed by atoms with Gasteiger partial charge < -0.3 is 10.2 Å². The Bertz CT molecular complexity index is 261. The predicted octanol–water partition coefficient (Wildman–Crippen LogP) is 2.31. The SMILES string of the molecule is C1=C[C@H](N[C@H]2CCN3CCC[C@@H]3C2)CCC1. The van der Waals surface area contributed by atoms with Crippen molar-refractivity contribution in [3.05, 3.63) is 12.2 Å². The maximum atomic E-state index is 3.86. The van der Waals surface area contributed by atoms with E-state index >= 15 is 0 Å². The van der Waals surface area contributed by atoms with Gasteiger partial charge in [-0.3, -0.25) is 0 Å². The molecule has 1 N–H and O–H groups in total. The number of piperidine rings is 1. The first kappa shape index (κ1) is 10.8. The summed E-state index contributed by atoms with van der Waals surface area (Å²) in [5.74, 6) is 0. The molecule has 1 aliphatic carbocycles. The van der Waals surface area contributed by atoms with E-state index in [4.69, 9.17) is 0 Å².